The third-order valence-electron chi connectivity index (χ3n) is 28.7. The van der Waals surface area contributed by atoms with Crippen LogP contribution in [0.25, 0.3) is 240 Å². The number of rotatable bonds is 11. The summed E-state index contributed by atoms with van der Waals surface area (Å²) in [6.07, 6.45) is 0. The Balaban J connectivity index is 0.000000102. The van der Waals surface area contributed by atoms with Crippen molar-refractivity contribution in [3.8, 4) is 22.3 Å². The maximum absolute atomic E-state index is 6.64. The molecule has 0 amide bonds. The maximum Gasteiger partial charge on any atom is 0.138 e. The second-order valence-corrected chi connectivity index (χ2v) is 36.7. The van der Waals surface area contributed by atoms with E-state index in [9.17, 15) is 0 Å². The van der Waals surface area contributed by atoms with E-state index in [1.54, 1.807) is 0 Å². The Kier molecular flexibility index (Phi) is 18.2. The molecule has 7 aromatic heterocycles. The van der Waals surface area contributed by atoms with E-state index >= 15 is 0 Å². The second-order valence-electron chi connectivity index (χ2n) is 36.7. The van der Waals surface area contributed by atoms with Crippen molar-refractivity contribution < 1.29 is 30.9 Å². The monoisotopic (exact) mass is 1820 g/mol. The zero-order valence-electron chi connectivity index (χ0n) is 76.3. The van der Waals surface area contributed by atoms with Gasteiger partial charge in [-0.2, -0.15) is 0 Å². The number of hydrogen-bond acceptors (Lipinski definition) is 10. The van der Waals surface area contributed by atoms with Gasteiger partial charge < -0.3 is 45.6 Å². The molecule has 10 nitrogen and oxygen atoms in total. The van der Waals surface area contributed by atoms with E-state index in [4.69, 9.17) is 30.9 Å². The molecule has 0 saturated heterocycles. The summed E-state index contributed by atoms with van der Waals surface area (Å²) in [5.74, 6) is 0. The highest BCUT2D eigenvalue weighted by molar-refractivity contribution is 6.33. The van der Waals surface area contributed by atoms with Gasteiger partial charge in [-0.15, -0.1) is 0 Å². The fourth-order valence-corrected chi connectivity index (χ4v) is 22.3. The van der Waals surface area contributed by atoms with Crippen LogP contribution in [0.4, 0.5) is 51.2 Å². The first-order chi connectivity index (χ1) is 70.4. The lowest BCUT2D eigenvalue weighted by molar-refractivity contribution is 0.668. The molecule has 0 aliphatic heterocycles. The molecule has 142 heavy (non-hydrogen) atoms. The summed E-state index contributed by atoms with van der Waals surface area (Å²) in [4.78, 5) is 7.04. The van der Waals surface area contributed by atoms with Crippen LogP contribution in [0.2, 0.25) is 0 Å². The minimum Gasteiger partial charge on any atom is -0.456 e. The molecular formula is C132H79N3O7. The van der Waals surface area contributed by atoms with Crippen LogP contribution in [0.3, 0.4) is 0 Å². The van der Waals surface area contributed by atoms with Crippen LogP contribution in [0.1, 0.15) is 0 Å². The molecule has 0 unspecified atom stereocenters. The van der Waals surface area contributed by atoms with Crippen LogP contribution in [-0.4, -0.2) is 0 Å². The average molecular weight is 1820 g/mol. The van der Waals surface area contributed by atoms with E-state index < -0.39 is 0 Å². The van der Waals surface area contributed by atoms with Gasteiger partial charge in [0, 0.05) is 172 Å². The molecule has 10 heteroatoms. The SMILES string of the molecule is c1ccc(-c2ccc(N(c3ccc4oc5ccccc5c4c3)c3cc4oc5ccccc5c4c4c3ccc3ccccc34)cc2)cc1.c1ccc(-c2cccc(N(c3ccc4c(c3)oc3ccccc34)c3cc4oc5ccccc5c4c4c3ccc3ccccc34)c2)cc1.c1ccc2c(c1)ccc1c(N(c3ccc4c(c3)oc3ccccc34)c3ccc4oc5ccccc5c4c3)cc3oc4ccccc4c3c12. The fourth-order valence-electron chi connectivity index (χ4n) is 22.3. The largest absolute Gasteiger partial charge is 0.456 e. The molecule has 0 spiro atoms. The van der Waals surface area contributed by atoms with E-state index in [1.165, 1.54) is 65.2 Å². The maximum atomic E-state index is 6.64. The minimum atomic E-state index is 0.841. The average Bonchev–Trinajstić information content (AvgIpc) is 1.52. The Hall–Kier alpha value is -19.2. The molecule has 7 heterocycles. The lowest BCUT2D eigenvalue weighted by atomic mass is 9.95. The predicted molar refractivity (Wildman–Crippen MR) is 590 cm³/mol. The summed E-state index contributed by atoms with van der Waals surface area (Å²) in [6.45, 7) is 0. The number of para-hydroxylation sites is 7. The summed E-state index contributed by atoms with van der Waals surface area (Å²) in [6, 6.07) is 169. The molecule has 0 bridgehead atoms. The first kappa shape index (κ1) is 80.1. The van der Waals surface area contributed by atoms with Crippen molar-refractivity contribution in [3.05, 3.63) is 479 Å². The van der Waals surface area contributed by atoms with Crippen molar-refractivity contribution in [2.75, 3.05) is 14.7 Å². The molecule has 0 N–H and O–H groups in total. The van der Waals surface area contributed by atoms with Crippen molar-refractivity contribution in [1.82, 2.24) is 0 Å². The smallest absolute Gasteiger partial charge is 0.138 e. The topological polar surface area (TPSA) is 102 Å². The van der Waals surface area contributed by atoms with Crippen molar-refractivity contribution in [2.45, 2.75) is 0 Å². The van der Waals surface area contributed by atoms with Crippen LogP contribution < -0.4 is 14.7 Å². The number of nitrogens with zero attached hydrogens (tertiary/aromatic N) is 3. The number of fused-ring (bicyclic) bond motifs is 33. The molecule has 664 valence electrons. The van der Waals surface area contributed by atoms with Crippen molar-refractivity contribution in [1.29, 1.82) is 0 Å². The first-order valence-electron chi connectivity index (χ1n) is 48.0. The van der Waals surface area contributed by atoms with Crippen LogP contribution in [-0.2, 0) is 0 Å². The fraction of sp³-hybridized carbons (Fsp3) is 0. The van der Waals surface area contributed by atoms with Gasteiger partial charge in [-0.25, -0.2) is 0 Å². The molecule has 0 fully saturated rings. The standard InChI is InChI=1S/C44H25NO3.2C44H27NO2/c1-2-10-29-26(9-1)17-20-33-36(25-42-44(43(29)33)34-13-5-8-16-39(34)48-42)45(27-19-22-40-35(23-27)31-12-4-7-15-38(31)46-40)28-18-21-32-30-11-3-6-14-37(30)47-41(32)24-28;1-2-11-28(12-3-1)30-14-10-15-31(25-30)45(32-22-24-35-34-17-6-8-19-39(34)46-41(35)26-32)38-27-42-44(37-18-7-9-20-40(37)47-42)43-33-16-5-4-13-29(33)21-23-36(38)43;1-2-10-28(11-3-1)29-18-21-31(22-19-29)45(32-23-25-41-37(26-32)34-14-6-8-16-39(34)46-41)38-27-42-44(36-15-7-9-17-40(36)47-42)43-33-13-5-4-12-30(33)20-24-35(38)43/h1-25H;2*1-27H. The summed E-state index contributed by atoms with van der Waals surface area (Å²) >= 11 is 0. The summed E-state index contributed by atoms with van der Waals surface area (Å²) < 4.78 is 45.2. The lowest BCUT2D eigenvalue weighted by Crippen LogP contribution is -2.10. The van der Waals surface area contributed by atoms with Gasteiger partial charge >= 0.3 is 0 Å². The summed E-state index contributed by atoms with van der Waals surface area (Å²) in [5.41, 5.74) is 26.1. The number of benzene rings is 24. The van der Waals surface area contributed by atoms with Crippen LogP contribution in [0, 0.1) is 0 Å². The molecule has 0 saturated carbocycles. The van der Waals surface area contributed by atoms with Crippen LogP contribution in [0.15, 0.2) is 510 Å². The molecule has 31 rings (SSSR count). The molecule has 31 aromatic rings. The molecule has 0 aliphatic carbocycles. The highest BCUT2D eigenvalue weighted by atomic mass is 16.4. The van der Waals surface area contributed by atoms with Gasteiger partial charge in [0.25, 0.3) is 0 Å². The quantitative estimate of drug-likeness (QED) is 0.116. The van der Waals surface area contributed by atoms with Gasteiger partial charge in [-0.3, -0.25) is 0 Å². The summed E-state index contributed by atoms with van der Waals surface area (Å²) in [5, 5.41) is 29.7. The van der Waals surface area contributed by atoms with Crippen LogP contribution >= 0.6 is 0 Å². The Morgan fingerprint density at radius 2 is 0.359 bits per heavy atom. The predicted octanol–water partition coefficient (Wildman–Crippen LogP) is 39.0. The van der Waals surface area contributed by atoms with Gasteiger partial charge in [-0.1, -0.05) is 322 Å². The Bertz CT molecular complexity index is 10600. The van der Waals surface area contributed by atoms with Gasteiger partial charge in [-0.05, 0) is 182 Å². The number of anilines is 9. The zero-order valence-corrected chi connectivity index (χ0v) is 76.3. The van der Waals surface area contributed by atoms with E-state index in [1.807, 2.05) is 66.7 Å². The normalized spacial score (nSPS) is 11.9. The first-order valence-corrected chi connectivity index (χ1v) is 48.0. The Labute approximate surface area is 810 Å². The van der Waals surface area contributed by atoms with Crippen LogP contribution in [0.5, 0.6) is 0 Å². The molecule has 24 aromatic carbocycles. The van der Waals surface area contributed by atoms with Crippen molar-refractivity contribution in [2.24, 2.45) is 0 Å². The van der Waals surface area contributed by atoms with Gasteiger partial charge in [0.1, 0.15) is 78.2 Å². The van der Waals surface area contributed by atoms with Gasteiger partial charge in [0.15, 0.2) is 0 Å². The van der Waals surface area contributed by atoms with Crippen molar-refractivity contribution >= 4 is 269 Å². The van der Waals surface area contributed by atoms with E-state index in [0.29, 0.717) is 0 Å². The molecular weight excluding hydrogens is 1740 g/mol. The molecule has 0 aliphatic rings. The highest BCUT2D eigenvalue weighted by Crippen LogP contribution is 2.54. The van der Waals surface area contributed by atoms with E-state index in [-0.39, 0.29) is 0 Å². The third-order valence-corrected chi connectivity index (χ3v) is 28.7. The number of hydrogen-bond donors (Lipinski definition) is 0. The summed E-state index contributed by atoms with van der Waals surface area (Å²) in [7, 11) is 0. The lowest BCUT2D eigenvalue weighted by Gasteiger charge is -2.27. The van der Waals surface area contributed by atoms with E-state index in [0.717, 1.165) is 226 Å². The molecule has 0 atom stereocenters. The number of furan rings is 7. The third kappa shape index (κ3) is 13.0. The van der Waals surface area contributed by atoms with Gasteiger partial charge in [0.05, 0.1) is 17.1 Å². The Morgan fingerprint density at radius 1 is 0.113 bits per heavy atom. The van der Waals surface area contributed by atoms with Crippen molar-refractivity contribution in [3.63, 3.8) is 0 Å². The van der Waals surface area contributed by atoms with Gasteiger partial charge in [0.2, 0.25) is 0 Å². The second kappa shape index (κ2) is 32.3. The molecule has 0 radical (unpaired) electrons. The Morgan fingerprint density at radius 3 is 0.746 bits per heavy atom. The highest BCUT2D eigenvalue weighted by Gasteiger charge is 2.29. The van der Waals surface area contributed by atoms with E-state index in [2.05, 4.69) is 427 Å². The minimum absolute atomic E-state index is 0.841. The zero-order chi connectivity index (χ0) is 93.1.